The largest absolute Gasteiger partial charge is 0.452 e. The molecule has 2 aromatic rings. The number of benzene rings is 2. The second kappa shape index (κ2) is 9.21. The van der Waals surface area contributed by atoms with E-state index in [0.717, 1.165) is 6.26 Å². The Kier molecular flexibility index (Phi) is 6.98. The van der Waals surface area contributed by atoms with Crippen molar-refractivity contribution in [1.82, 2.24) is 0 Å². The summed E-state index contributed by atoms with van der Waals surface area (Å²) in [5.41, 5.74) is 0.369. The van der Waals surface area contributed by atoms with Crippen LogP contribution in [0.15, 0.2) is 58.3 Å². The Morgan fingerprint density at radius 3 is 2.52 bits per heavy atom. The van der Waals surface area contributed by atoms with Crippen LogP contribution in [0.2, 0.25) is 0 Å². The van der Waals surface area contributed by atoms with E-state index in [0.29, 0.717) is 10.6 Å². The van der Waals surface area contributed by atoms with Crippen LogP contribution >= 0.6 is 11.8 Å². The first-order valence-corrected chi connectivity index (χ1v) is 10.6. The van der Waals surface area contributed by atoms with Crippen LogP contribution < -0.4 is 5.32 Å². The number of esters is 1. The number of hydrogen-bond donors (Lipinski definition) is 1. The number of sulfone groups is 1. The first-order valence-electron chi connectivity index (χ1n) is 7.67. The van der Waals surface area contributed by atoms with Gasteiger partial charge in [0.1, 0.15) is 0 Å². The number of amides is 1. The third-order valence-corrected chi connectivity index (χ3v) is 5.39. The summed E-state index contributed by atoms with van der Waals surface area (Å²) in [6.45, 7) is -0.575. The van der Waals surface area contributed by atoms with Crippen molar-refractivity contribution in [2.45, 2.75) is 9.79 Å². The molecule has 0 atom stereocenters. The summed E-state index contributed by atoms with van der Waals surface area (Å²) < 4.78 is 28.4. The molecule has 0 unspecified atom stereocenters. The first-order chi connectivity index (χ1) is 12.8. The van der Waals surface area contributed by atoms with Crippen LogP contribution in [0.25, 0.3) is 0 Å². The van der Waals surface area contributed by atoms with Crippen molar-refractivity contribution in [3.05, 3.63) is 54.1 Å². The lowest BCUT2D eigenvalue weighted by Crippen LogP contribution is -2.22. The van der Waals surface area contributed by atoms with Crippen LogP contribution in [0.4, 0.5) is 5.69 Å². The molecule has 2 aromatic carbocycles. The van der Waals surface area contributed by atoms with Crippen molar-refractivity contribution in [3.63, 3.8) is 0 Å². The van der Waals surface area contributed by atoms with Gasteiger partial charge in [-0.1, -0.05) is 24.3 Å². The van der Waals surface area contributed by atoms with Gasteiger partial charge in [0, 0.05) is 11.2 Å². The second-order valence-corrected chi connectivity index (χ2v) is 8.34. The zero-order valence-corrected chi connectivity index (χ0v) is 16.0. The highest BCUT2D eigenvalue weighted by Gasteiger charge is 2.20. The van der Waals surface area contributed by atoms with Gasteiger partial charge in [-0.15, -0.1) is 11.8 Å². The molecule has 2 rings (SSSR count). The highest BCUT2D eigenvalue weighted by atomic mass is 32.2. The number of hydrogen-bond acceptors (Lipinski definition) is 7. The maximum absolute atomic E-state index is 12.2. The van der Waals surface area contributed by atoms with Crippen molar-refractivity contribution in [1.29, 1.82) is 5.26 Å². The molecule has 0 radical (unpaired) electrons. The second-order valence-electron chi connectivity index (χ2n) is 5.34. The standard InChI is InChI=1S/C18H16N2O5S2/c1-27(23,24)16-9-5-2-6-13(16)18(22)25-12-17(21)20-14-7-3-4-8-15(14)26-11-10-19/h2-9H,11-12H2,1H3,(H,20,21). The smallest absolute Gasteiger partial charge is 0.339 e. The van der Waals surface area contributed by atoms with Crippen LogP contribution in [0.1, 0.15) is 10.4 Å². The van der Waals surface area contributed by atoms with E-state index in [1.54, 1.807) is 24.3 Å². The fraction of sp³-hybridized carbons (Fsp3) is 0.167. The van der Waals surface area contributed by atoms with Gasteiger partial charge in [0.2, 0.25) is 0 Å². The number of nitrogens with one attached hydrogen (secondary N) is 1. The predicted octanol–water partition coefficient (Wildman–Crippen LogP) is 2.50. The molecule has 1 N–H and O–H groups in total. The molecule has 7 nitrogen and oxygen atoms in total. The first kappa shape index (κ1) is 20.5. The highest BCUT2D eigenvalue weighted by molar-refractivity contribution is 7.99. The van der Waals surface area contributed by atoms with Crippen molar-refractivity contribution in [3.8, 4) is 6.07 Å². The molecular formula is C18H16N2O5S2. The average Bonchev–Trinajstić information content (AvgIpc) is 2.64. The normalized spacial score (nSPS) is 10.7. The fourth-order valence-electron chi connectivity index (χ4n) is 2.16. The van der Waals surface area contributed by atoms with Gasteiger partial charge in [-0.2, -0.15) is 5.26 Å². The van der Waals surface area contributed by atoms with E-state index in [2.05, 4.69) is 5.32 Å². The number of ether oxygens (including phenoxy) is 1. The molecule has 0 aromatic heterocycles. The van der Waals surface area contributed by atoms with Crippen LogP contribution in [0, 0.1) is 11.3 Å². The van der Waals surface area contributed by atoms with Gasteiger partial charge >= 0.3 is 5.97 Å². The summed E-state index contributed by atoms with van der Waals surface area (Å²) in [7, 11) is -3.61. The molecule has 0 aliphatic heterocycles. The Morgan fingerprint density at radius 2 is 1.81 bits per heavy atom. The number of anilines is 1. The Balaban J connectivity index is 2.03. The molecule has 0 saturated carbocycles. The van der Waals surface area contributed by atoms with Crippen LogP contribution in [0.3, 0.4) is 0 Å². The Morgan fingerprint density at radius 1 is 1.15 bits per heavy atom. The summed E-state index contributed by atoms with van der Waals surface area (Å²) in [4.78, 5) is 24.8. The minimum atomic E-state index is -3.61. The summed E-state index contributed by atoms with van der Waals surface area (Å²) >= 11 is 1.26. The van der Waals surface area contributed by atoms with Crippen molar-refractivity contribution in [2.75, 3.05) is 23.9 Å². The SMILES string of the molecule is CS(=O)(=O)c1ccccc1C(=O)OCC(=O)Nc1ccccc1SCC#N. The summed E-state index contributed by atoms with van der Waals surface area (Å²) in [5.74, 6) is -1.26. The van der Waals surface area contributed by atoms with Gasteiger partial charge < -0.3 is 10.1 Å². The van der Waals surface area contributed by atoms with Gasteiger partial charge in [0.25, 0.3) is 5.91 Å². The van der Waals surface area contributed by atoms with E-state index >= 15 is 0 Å². The lowest BCUT2D eigenvalue weighted by molar-refractivity contribution is -0.119. The van der Waals surface area contributed by atoms with Crippen LogP contribution in [-0.2, 0) is 19.4 Å². The summed E-state index contributed by atoms with van der Waals surface area (Å²) in [6.07, 6.45) is 0.988. The number of nitrogens with zero attached hydrogens (tertiary/aromatic N) is 1. The van der Waals surface area contributed by atoms with E-state index in [-0.39, 0.29) is 16.2 Å². The molecule has 0 saturated heterocycles. The fourth-order valence-corrected chi connectivity index (χ4v) is 3.71. The topological polar surface area (TPSA) is 113 Å². The van der Waals surface area contributed by atoms with Gasteiger partial charge in [0.05, 0.1) is 28.0 Å². The maximum atomic E-state index is 12.2. The number of thioether (sulfide) groups is 1. The molecule has 9 heteroatoms. The minimum absolute atomic E-state index is 0.127. The zero-order chi connectivity index (χ0) is 19.9. The number of para-hydroxylation sites is 1. The van der Waals surface area contributed by atoms with Gasteiger partial charge in [0.15, 0.2) is 16.4 Å². The van der Waals surface area contributed by atoms with E-state index < -0.39 is 28.3 Å². The van der Waals surface area contributed by atoms with E-state index in [4.69, 9.17) is 10.00 Å². The Labute approximate surface area is 161 Å². The van der Waals surface area contributed by atoms with E-state index in [1.807, 2.05) is 6.07 Å². The summed E-state index contributed by atoms with van der Waals surface area (Å²) in [6, 6.07) is 14.6. The van der Waals surface area contributed by atoms with E-state index in [9.17, 15) is 18.0 Å². The van der Waals surface area contributed by atoms with Gasteiger partial charge in [-0.05, 0) is 24.3 Å². The lowest BCUT2D eigenvalue weighted by atomic mass is 10.2. The molecule has 0 fully saturated rings. The zero-order valence-electron chi connectivity index (χ0n) is 14.3. The molecule has 0 spiro atoms. The third kappa shape index (κ3) is 5.84. The number of carbonyl (C=O) groups is 2. The van der Waals surface area contributed by atoms with Crippen LogP contribution in [-0.4, -0.2) is 38.9 Å². The molecule has 0 aliphatic rings. The number of nitriles is 1. The van der Waals surface area contributed by atoms with E-state index in [1.165, 1.54) is 36.0 Å². The molecule has 27 heavy (non-hydrogen) atoms. The molecule has 0 aliphatic carbocycles. The molecule has 140 valence electrons. The molecular weight excluding hydrogens is 388 g/mol. The van der Waals surface area contributed by atoms with Crippen molar-refractivity contribution < 1.29 is 22.7 Å². The molecule has 1 amide bonds. The molecule has 0 heterocycles. The average molecular weight is 404 g/mol. The van der Waals surface area contributed by atoms with Crippen molar-refractivity contribution >= 4 is 39.2 Å². The molecule has 0 bridgehead atoms. The quantitative estimate of drug-likeness (QED) is 0.557. The lowest BCUT2D eigenvalue weighted by Gasteiger charge is -2.11. The monoisotopic (exact) mass is 404 g/mol. The third-order valence-electron chi connectivity index (χ3n) is 3.29. The Hall–Kier alpha value is -2.83. The summed E-state index contributed by atoms with van der Waals surface area (Å²) in [5, 5.41) is 11.3. The number of rotatable bonds is 7. The van der Waals surface area contributed by atoms with Crippen molar-refractivity contribution in [2.24, 2.45) is 0 Å². The van der Waals surface area contributed by atoms with Gasteiger partial charge in [-0.25, -0.2) is 13.2 Å². The maximum Gasteiger partial charge on any atom is 0.339 e. The van der Waals surface area contributed by atoms with Gasteiger partial charge in [-0.3, -0.25) is 4.79 Å². The Bertz CT molecular complexity index is 997. The highest BCUT2D eigenvalue weighted by Crippen LogP contribution is 2.26. The van der Waals surface area contributed by atoms with Crippen LogP contribution in [0.5, 0.6) is 0 Å². The predicted molar refractivity (Wildman–Crippen MR) is 101 cm³/mol. The minimum Gasteiger partial charge on any atom is -0.452 e. The number of carbonyl (C=O) groups excluding carboxylic acids is 2.